The van der Waals surface area contributed by atoms with Crippen molar-refractivity contribution in [2.24, 2.45) is 0 Å². The molecule has 27 heavy (non-hydrogen) atoms. The van der Waals surface area contributed by atoms with E-state index in [-0.39, 0.29) is 0 Å². The first kappa shape index (κ1) is 15.7. The summed E-state index contributed by atoms with van der Waals surface area (Å²) in [5.74, 6) is 0. The first-order chi connectivity index (χ1) is 13.4. The van der Waals surface area contributed by atoms with Crippen LogP contribution in [0.1, 0.15) is 5.56 Å². The van der Waals surface area contributed by atoms with Gasteiger partial charge in [0.2, 0.25) is 0 Å². The summed E-state index contributed by atoms with van der Waals surface area (Å²) in [7, 11) is 0. The van der Waals surface area contributed by atoms with Gasteiger partial charge in [-0.1, -0.05) is 66.7 Å². The van der Waals surface area contributed by atoms with Crippen molar-refractivity contribution in [2.45, 2.75) is 6.54 Å². The fourth-order valence-electron chi connectivity index (χ4n) is 3.77. The third-order valence-electron chi connectivity index (χ3n) is 5.00. The van der Waals surface area contributed by atoms with Crippen LogP contribution in [0, 0.1) is 0 Å². The highest BCUT2D eigenvalue weighted by Crippen LogP contribution is 2.36. The Morgan fingerprint density at radius 1 is 0.593 bits per heavy atom. The van der Waals surface area contributed by atoms with Crippen LogP contribution in [0.3, 0.4) is 0 Å². The third kappa shape index (κ3) is 2.85. The molecular formula is C25H19N2+. The predicted molar refractivity (Wildman–Crippen MR) is 110 cm³/mol. The first-order valence-electron chi connectivity index (χ1n) is 9.20. The number of aromatic nitrogens is 2. The Balaban J connectivity index is 1.81. The molecule has 2 nitrogen and oxygen atoms in total. The largest absolute Gasteiger partial charge is 0.248 e. The second-order valence-electron chi connectivity index (χ2n) is 6.73. The lowest BCUT2D eigenvalue weighted by Gasteiger charge is -2.14. The molecule has 0 radical (unpaired) electrons. The number of hydrogen-bond donors (Lipinski definition) is 0. The van der Waals surface area contributed by atoms with Gasteiger partial charge in [0, 0.05) is 34.0 Å². The molecule has 0 aliphatic carbocycles. The predicted octanol–water partition coefficient (Wildman–Crippen LogP) is 5.39. The Bertz CT molecular complexity index is 1190. The summed E-state index contributed by atoms with van der Waals surface area (Å²) in [6.45, 7) is 0.835. The molecule has 0 amide bonds. The number of pyridine rings is 2. The highest BCUT2D eigenvalue weighted by molar-refractivity contribution is 6.09. The Hall–Kier alpha value is -3.52. The molecule has 5 rings (SSSR count). The quantitative estimate of drug-likeness (QED) is 0.316. The number of para-hydroxylation sites is 2. The minimum absolute atomic E-state index is 0.835. The average Bonchev–Trinajstić information content (AvgIpc) is 2.73. The van der Waals surface area contributed by atoms with E-state index in [9.17, 15) is 0 Å². The molecule has 0 saturated heterocycles. The van der Waals surface area contributed by atoms with Crippen molar-refractivity contribution in [2.75, 3.05) is 0 Å². The lowest BCUT2D eigenvalue weighted by Crippen LogP contribution is -2.33. The lowest BCUT2D eigenvalue weighted by molar-refractivity contribution is -0.688. The molecule has 128 valence electrons. The minimum Gasteiger partial charge on any atom is -0.248 e. The SMILES string of the molecule is c1cc[n+](Cc2ccccc2-c2c3ccccc3nc3ccccc23)cc1. The molecular weight excluding hydrogens is 328 g/mol. The van der Waals surface area contributed by atoms with Gasteiger partial charge in [0.1, 0.15) is 0 Å². The zero-order valence-corrected chi connectivity index (χ0v) is 14.9. The summed E-state index contributed by atoms with van der Waals surface area (Å²) >= 11 is 0. The maximum Gasteiger partial charge on any atom is 0.174 e. The molecule has 0 atom stereocenters. The molecule has 0 aliphatic rings. The Morgan fingerprint density at radius 3 is 1.89 bits per heavy atom. The smallest absolute Gasteiger partial charge is 0.174 e. The molecule has 0 N–H and O–H groups in total. The molecule has 0 bridgehead atoms. The molecule has 0 saturated carbocycles. The van der Waals surface area contributed by atoms with E-state index >= 15 is 0 Å². The molecule has 0 unspecified atom stereocenters. The van der Waals surface area contributed by atoms with Gasteiger partial charge in [-0.2, -0.15) is 0 Å². The fraction of sp³-hybridized carbons (Fsp3) is 0.0400. The molecule has 2 heteroatoms. The summed E-state index contributed by atoms with van der Waals surface area (Å²) in [6.07, 6.45) is 4.22. The molecule has 2 aromatic heterocycles. The summed E-state index contributed by atoms with van der Waals surface area (Å²) in [5.41, 5.74) is 5.91. The van der Waals surface area contributed by atoms with Gasteiger partial charge in [-0.15, -0.1) is 0 Å². The van der Waals surface area contributed by atoms with Gasteiger partial charge in [0.15, 0.2) is 18.9 Å². The molecule has 5 aromatic rings. The van der Waals surface area contributed by atoms with Crippen molar-refractivity contribution in [3.8, 4) is 11.1 Å². The van der Waals surface area contributed by atoms with E-state index in [1.165, 1.54) is 27.5 Å². The maximum absolute atomic E-state index is 4.87. The summed E-state index contributed by atoms with van der Waals surface area (Å²) in [5, 5.41) is 2.39. The van der Waals surface area contributed by atoms with Crippen molar-refractivity contribution in [3.05, 3.63) is 109 Å². The standard InChI is InChI=1S/C25H19N2/c1-8-16-27(17-9-1)18-19-10-2-3-11-20(19)25-21-12-4-6-14-23(21)26-24-15-7-5-13-22(24)25/h1-17H,18H2/q+1. The Morgan fingerprint density at radius 2 is 1.19 bits per heavy atom. The van der Waals surface area contributed by atoms with Crippen LogP contribution >= 0.6 is 0 Å². The van der Waals surface area contributed by atoms with Gasteiger partial charge in [-0.3, -0.25) is 0 Å². The van der Waals surface area contributed by atoms with E-state index in [4.69, 9.17) is 4.98 Å². The van der Waals surface area contributed by atoms with Crippen LogP contribution in [0.25, 0.3) is 32.9 Å². The zero-order chi connectivity index (χ0) is 18.1. The molecule has 3 aromatic carbocycles. The zero-order valence-electron chi connectivity index (χ0n) is 14.9. The van der Waals surface area contributed by atoms with Crippen molar-refractivity contribution in [1.82, 2.24) is 4.98 Å². The summed E-state index contributed by atoms with van der Waals surface area (Å²) < 4.78 is 2.21. The van der Waals surface area contributed by atoms with E-state index in [1.807, 2.05) is 6.07 Å². The number of hydrogen-bond acceptors (Lipinski definition) is 1. The van der Waals surface area contributed by atoms with Crippen molar-refractivity contribution >= 4 is 21.8 Å². The van der Waals surface area contributed by atoms with Gasteiger partial charge >= 0.3 is 0 Å². The van der Waals surface area contributed by atoms with Gasteiger partial charge in [-0.05, 0) is 17.7 Å². The molecule has 2 heterocycles. The number of benzene rings is 3. The number of rotatable bonds is 3. The molecule has 0 fully saturated rings. The second kappa shape index (κ2) is 6.65. The van der Waals surface area contributed by atoms with Crippen LogP contribution in [0.4, 0.5) is 0 Å². The number of nitrogens with zero attached hydrogens (tertiary/aromatic N) is 2. The van der Waals surface area contributed by atoms with E-state index in [0.29, 0.717) is 0 Å². The maximum atomic E-state index is 4.87. The average molecular weight is 347 g/mol. The summed E-state index contributed by atoms with van der Waals surface area (Å²) in [4.78, 5) is 4.87. The van der Waals surface area contributed by atoms with Crippen molar-refractivity contribution < 1.29 is 4.57 Å². The van der Waals surface area contributed by atoms with Crippen LogP contribution in [-0.4, -0.2) is 4.98 Å². The first-order valence-corrected chi connectivity index (χ1v) is 9.20. The van der Waals surface area contributed by atoms with E-state index in [0.717, 1.165) is 17.6 Å². The molecule has 0 spiro atoms. The Kier molecular flexibility index (Phi) is 3.87. The van der Waals surface area contributed by atoms with E-state index in [1.54, 1.807) is 0 Å². The van der Waals surface area contributed by atoms with Crippen LogP contribution in [-0.2, 0) is 6.54 Å². The molecule has 0 aliphatic heterocycles. The van der Waals surface area contributed by atoms with Crippen LogP contribution in [0.5, 0.6) is 0 Å². The van der Waals surface area contributed by atoms with Crippen LogP contribution in [0.15, 0.2) is 103 Å². The Labute approximate surface area is 158 Å². The van der Waals surface area contributed by atoms with Crippen LogP contribution in [0.2, 0.25) is 0 Å². The van der Waals surface area contributed by atoms with Crippen molar-refractivity contribution in [3.63, 3.8) is 0 Å². The van der Waals surface area contributed by atoms with Crippen LogP contribution < -0.4 is 4.57 Å². The fourth-order valence-corrected chi connectivity index (χ4v) is 3.77. The van der Waals surface area contributed by atoms with Gasteiger partial charge in [0.25, 0.3) is 0 Å². The van der Waals surface area contributed by atoms with Gasteiger partial charge in [-0.25, -0.2) is 9.55 Å². The third-order valence-corrected chi connectivity index (χ3v) is 5.00. The van der Waals surface area contributed by atoms with E-state index in [2.05, 4.69) is 102 Å². The van der Waals surface area contributed by atoms with E-state index < -0.39 is 0 Å². The minimum atomic E-state index is 0.835. The highest BCUT2D eigenvalue weighted by atomic mass is 14.9. The normalized spacial score (nSPS) is 11.1. The monoisotopic (exact) mass is 347 g/mol. The van der Waals surface area contributed by atoms with Gasteiger partial charge in [0.05, 0.1) is 11.0 Å². The summed E-state index contributed by atoms with van der Waals surface area (Å²) in [6, 6.07) is 31.7. The lowest BCUT2D eigenvalue weighted by atomic mass is 9.92. The van der Waals surface area contributed by atoms with Gasteiger partial charge < -0.3 is 0 Å². The highest BCUT2D eigenvalue weighted by Gasteiger charge is 2.15. The topological polar surface area (TPSA) is 16.8 Å². The second-order valence-corrected chi connectivity index (χ2v) is 6.73. The van der Waals surface area contributed by atoms with Crippen molar-refractivity contribution in [1.29, 1.82) is 0 Å². The number of fused-ring (bicyclic) bond motifs is 2.